The third kappa shape index (κ3) is 3.65. The lowest BCUT2D eigenvalue weighted by atomic mass is 10.1. The molecular weight excluding hydrogens is 408 g/mol. The zero-order valence-electron chi connectivity index (χ0n) is 15.6. The molecule has 2 aromatic heterocycles. The van der Waals surface area contributed by atoms with Gasteiger partial charge in [0.2, 0.25) is 18.5 Å². The van der Waals surface area contributed by atoms with Crippen molar-refractivity contribution in [1.82, 2.24) is 19.9 Å². The van der Waals surface area contributed by atoms with Crippen LogP contribution in [0.5, 0.6) is 11.5 Å². The Kier molecular flexibility index (Phi) is 4.68. The summed E-state index contributed by atoms with van der Waals surface area (Å²) < 4.78 is 17.4. The van der Waals surface area contributed by atoms with Crippen molar-refractivity contribution >= 4 is 11.6 Å². The molecule has 8 nitrogen and oxygen atoms in total. The third-order valence-electron chi connectivity index (χ3n) is 4.64. The van der Waals surface area contributed by atoms with Gasteiger partial charge in [-0.15, -0.1) is 0 Å². The Labute approximate surface area is 175 Å². The first-order valence-electron chi connectivity index (χ1n) is 9.22. The SMILES string of the molecule is O=c1ccc(-c2ccc(Cl)cc2)nn1CCc1nc(-c2ccc3c(c2)OCO3)no1. The van der Waals surface area contributed by atoms with Gasteiger partial charge in [0.05, 0.1) is 12.2 Å². The van der Waals surface area contributed by atoms with Gasteiger partial charge < -0.3 is 14.0 Å². The molecule has 0 fully saturated rings. The molecule has 0 unspecified atom stereocenters. The highest BCUT2D eigenvalue weighted by molar-refractivity contribution is 6.30. The van der Waals surface area contributed by atoms with Gasteiger partial charge >= 0.3 is 0 Å². The molecule has 150 valence electrons. The Morgan fingerprint density at radius 2 is 1.77 bits per heavy atom. The van der Waals surface area contributed by atoms with Crippen LogP contribution in [0.1, 0.15) is 5.89 Å². The Morgan fingerprint density at radius 3 is 2.63 bits per heavy atom. The van der Waals surface area contributed by atoms with Crippen molar-refractivity contribution in [3.63, 3.8) is 0 Å². The number of hydrogen-bond donors (Lipinski definition) is 0. The number of fused-ring (bicyclic) bond motifs is 1. The van der Waals surface area contributed by atoms with E-state index in [1.54, 1.807) is 30.3 Å². The molecular formula is C21H15ClN4O4. The van der Waals surface area contributed by atoms with Crippen LogP contribution in [0.25, 0.3) is 22.6 Å². The van der Waals surface area contributed by atoms with Crippen molar-refractivity contribution in [2.75, 3.05) is 6.79 Å². The van der Waals surface area contributed by atoms with E-state index in [2.05, 4.69) is 15.2 Å². The number of nitrogens with zero attached hydrogens (tertiary/aromatic N) is 4. The fraction of sp³-hybridized carbons (Fsp3) is 0.143. The summed E-state index contributed by atoms with van der Waals surface area (Å²) in [5.74, 6) is 2.19. The second kappa shape index (κ2) is 7.64. The van der Waals surface area contributed by atoms with E-state index in [4.69, 9.17) is 25.6 Å². The third-order valence-corrected chi connectivity index (χ3v) is 4.89. The summed E-state index contributed by atoms with van der Waals surface area (Å²) in [6, 6.07) is 15.9. The minimum Gasteiger partial charge on any atom is -0.454 e. The zero-order chi connectivity index (χ0) is 20.5. The second-order valence-corrected chi connectivity index (χ2v) is 7.05. The predicted molar refractivity (Wildman–Crippen MR) is 109 cm³/mol. The van der Waals surface area contributed by atoms with Gasteiger partial charge in [-0.25, -0.2) is 4.68 Å². The van der Waals surface area contributed by atoms with Gasteiger partial charge in [0.1, 0.15) is 0 Å². The molecule has 0 saturated carbocycles. The van der Waals surface area contributed by atoms with Crippen LogP contribution in [0.3, 0.4) is 0 Å². The Morgan fingerprint density at radius 1 is 0.967 bits per heavy atom. The smallest absolute Gasteiger partial charge is 0.266 e. The molecule has 0 N–H and O–H groups in total. The summed E-state index contributed by atoms with van der Waals surface area (Å²) in [5.41, 5.74) is 2.10. The molecule has 3 heterocycles. The van der Waals surface area contributed by atoms with Gasteiger partial charge in [-0.3, -0.25) is 4.79 Å². The van der Waals surface area contributed by atoms with E-state index in [0.717, 1.165) is 11.1 Å². The van der Waals surface area contributed by atoms with Gasteiger partial charge in [-0.05, 0) is 36.4 Å². The largest absolute Gasteiger partial charge is 0.454 e. The minimum atomic E-state index is -0.205. The first kappa shape index (κ1) is 18.4. The van der Waals surface area contributed by atoms with Crippen molar-refractivity contribution in [3.8, 4) is 34.1 Å². The molecule has 5 rings (SSSR count). The fourth-order valence-corrected chi connectivity index (χ4v) is 3.22. The monoisotopic (exact) mass is 422 g/mol. The topological polar surface area (TPSA) is 92.3 Å². The summed E-state index contributed by atoms with van der Waals surface area (Å²) in [6.07, 6.45) is 0.370. The Bertz CT molecular complexity index is 1270. The van der Waals surface area contributed by atoms with E-state index in [1.807, 2.05) is 18.2 Å². The number of aryl methyl sites for hydroxylation is 2. The summed E-state index contributed by atoms with van der Waals surface area (Å²) in [7, 11) is 0. The van der Waals surface area contributed by atoms with Crippen LogP contribution in [-0.2, 0) is 13.0 Å². The lowest BCUT2D eigenvalue weighted by molar-refractivity contribution is 0.174. The van der Waals surface area contributed by atoms with Crippen LogP contribution in [0.15, 0.2) is 63.9 Å². The molecule has 4 aromatic rings. The number of rotatable bonds is 5. The average Bonchev–Trinajstić information content (AvgIpc) is 3.43. The highest BCUT2D eigenvalue weighted by Crippen LogP contribution is 2.35. The van der Waals surface area contributed by atoms with Crippen molar-refractivity contribution in [2.45, 2.75) is 13.0 Å². The fourth-order valence-electron chi connectivity index (χ4n) is 3.09. The Balaban J connectivity index is 1.32. The summed E-state index contributed by atoms with van der Waals surface area (Å²) >= 11 is 5.94. The standard InChI is InChI=1S/C21H15ClN4O4/c22-15-4-1-13(2-5-15)16-6-8-20(27)26(24-16)10-9-19-23-21(25-30-19)14-3-7-17-18(11-14)29-12-28-17/h1-8,11H,9-10,12H2. The van der Waals surface area contributed by atoms with E-state index >= 15 is 0 Å². The summed E-state index contributed by atoms with van der Waals surface area (Å²) in [4.78, 5) is 16.6. The van der Waals surface area contributed by atoms with Crippen LogP contribution in [-0.4, -0.2) is 26.7 Å². The molecule has 30 heavy (non-hydrogen) atoms. The lowest BCUT2D eigenvalue weighted by Gasteiger charge is -2.06. The zero-order valence-corrected chi connectivity index (χ0v) is 16.4. The first-order chi connectivity index (χ1) is 14.7. The van der Waals surface area contributed by atoms with Gasteiger partial charge in [0, 0.05) is 28.6 Å². The van der Waals surface area contributed by atoms with Gasteiger partial charge in [-0.2, -0.15) is 10.1 Å². The normalized spacial score (nSPS) is 12.3. The molecule has 0 atom stereocenters. The number of ether oxygens (including phenoxy) is 2. The number of benzene rings is 2. The van der Waals surface area contributed by atoms with Crippen molar-refractivity contribution in [2.24, 2.45) is 0 Å². The molecule has 2 aromatic carbocycles. The molecule has 1 aliphatic rings. The van der Waals surface area contributed by atoms with Crippen LogP contribution < -0.4 is 15.0 Å². The number of halogens is 1. The summed E-state index contributed by atoms with van der Waals surface area (Å²) in [5, 5.41) is 9.09. The van der Waals surface area contributed by atoms with E-state index in [9.17, 15) is 4.79 Å². The molecule has 0 radical (unpaired) electrons. The van der Waals surface area contributed by atoms with Gasteiger partial charge in [-0.1, -0.05) is 28.9 Å². The van der Waals surface area contributed by atoms with Crippen LogP contribution in [0, 0.1) is 0 Å². The first-order valence-corrected chi connectivity index (χ1v) is 9.60. The second-order valence-electron chi connectivity index (χ2n) is 6.62. The van der Waals surface area contributed by atoms with E-state index in [1.165, 1.54) is 10.7 Å². The van der Waals surface area contributed by atoms with Crippen LogP contribution in [0.4, 0.5) is 0 Å². The maximum atomic E-state index is 12.2. The summed E-state index contributed by atoms with van der Waals surface area (Å²) in [6.45, 7) is 0.510. The highest BCUT2D eigenvalue weighted by atomic mass is 35.5. The molecule has 0 saturated heterocycles. The maximum absolute atomic E-state index is 12.2. The van der Waals surface area contributed by atoms with Gasteiger partial charge in [0.15, 0.2) is 11.5 Å². The highest BCUT2D eigenvalue weighted by Gasteiger charge is 2.16. The van der Waals surface area contributed by atoms with Crippen molar-refractivity contribution < 1.29 is 14.0 Å². The van der Waals surface area contributed by atoms with Crippen LogP contribution in [0.2, 0.25) is 5.02 Å². The molecule has 1 aliphatic heterocycles. The molecule has 0 aliphatic carbocycles. The number of hydrogen-bond acceptors (Lipinski definition) is 7. The molecule has 0 amide bonds. The van der Waals surface area contributed by atoms with Crippen molar-refractivity contribution in [3.05, 3.63) is 75.9 Å². The van der Waals surface area contributed by atoms with Crippen molar-refractivity contribution in [1.29, 1.82) is 0 Å². The Hall–Kier alpha value is -3.65. The predicted octanol–water partition coefficient (Wildman–Crippen LogP) is 3.59. The van der Waals surface area contributed by atoms with Crippen LogP contribution >= 0.6 is 11.6 Å². The van der Waals surface area contributed by atoms with E-state index < -0.39 is 0 Å². The lowest BCUT2D eigenvalue weighted by Crippen LogP contribution is -2.23. The van der Waals surface area contributed by atoms with E-state index in [-0.39, 0.29) is 12.4 Å². The molecule has 0 bridgehead atoms. The minimum absolute atomic E-state index is 0.202. The molecule has 0 spiro atoms. The molecule has 9 heteroatoms. The number of aromatic nitrogens is 4. The maximum Gasteiger partial charge on any atom is 0.266 e. The van der Waals surface area contributed by atoms with E-state index in [0.29, 0.717) is 46.9 Å². The quantitative estimate of drug-likeness (QED) is 0.485. The van der Waals surface area contributed by atoms with Gasteiger partial charge in [0.25, 0.3) is 5.56 Å². The average molecular weight is 423 g/mol.